The highest BCUT2D eigenvalue weighted by Gasteiger charge is 2.15. The highest BCUT2D eigenvalue weighted by atomic mass is 32.1. The minimum atomic E-state index is -0.00481. The van der Waals surface area contributed by atoms with Crippen LogP contribution in [0.3, 0.4) is 0 Å². The Morgan fingerprint density at radius 3 is 2.41 bits per heavy atom. The van der Waals surface area contributed by atoms with Crippen molar-refractivity contribution >= 4 is 11.5 Å². The zero-order chi connectivity index (χ0) is 12.4. The van der Waals surface area contributed by atoms with Crippen molar-refractivity contribution in [2.24, 2.45) is 5.73 Å². The van der Waals surface area contributed by atoms with Gasteiger partial charge in [0.25, 0.3) is 0 Å². The summed E-state index contributed by atoms with van der Waals surface area (Å²) in [5.74, 6) is 0. The molecule has 1 heterocycles. The van der Waals surface area contributed by atoms with E-state index in [1.807, 2.05) is 6.92 Å². The first kappa shape index (κ1) is 12.2. The van der Waals surface area contributed by atoms with Crippen LogP contribution in [0.5, 0.6) is 0 Å². The largest absolute Gasteiger partial charge is 0.323 e. The smallest absolute Gasteiger partial charge is 0.0772 e. The molecule has 90 valence electrons. The fourth-order valence-electron chi connectivity index (χ4n) is 2.06. The first-order valence-corrected chi connectivity index (χ1v) is 6.46. The number of aryl methyl sites for hydroxylation is 3. The van der Waals surface area contributed by atoms with Crippen molar-refractivity contribution in [3.05, 3.63) is 45.5 Å². The SMILES string of the molecule is Cc1cccc(C)c1CC(N)c1snnc1C. The van der Waals surface area contributed by atoms with Crippen LogP contribution in [0.2, 0.25) is 0 Å². The van der Waals surface area contributed by atoms with E-state index >= 15 is 0 Å². The van der Waals surface area contributed by atoms with Crippen molar-refractivity contribution in [3.8, 4) is 0 Å². The topological polar surface area (TPSA) is 51.8 Å². The van der Waals surface area contributed by atoms with Crippen molar-refractivity contribution in [1.29, 1.82) is 0 Å². The van der Waals surface area contributed by atoms with Crippen molar-refractivity contribution in [2.75, 3.05) is 0 Å². The van der Waals surface area contributed by atoms with Gasteiger partial charge in [0.15, 0.2) is 0 Å². The molecule has 1 atom stereocenters. The quantitative estimate of drug-likeness (QED) is 0.907. The molecule has 1 aromatic carbocycles. The fraction of sp³-hybridized carbons (Fsp3) is 0.385. The maximum Gasteiger partial charge on any atom is 0.0772 e. The summed E-state index contributed by atoms with van der Waals surface area (Å²) >= 11 is 1.40. The first-order valence-electron chi connectivity index (χ1n) is 5.69. The van der Waals surface area contributed by atoms with Gasteiger partial charge in [-0.3, -0.25) is 0 Å². The lowest BCUT2D eigenvalue weighted by Crippen LogP contribution is -2.14. The molecule has 0 saturated heterocycles. The van der Waals surface area contributed by atoms with Gasteiger partial charge in [-0.1, -0.05) is 22.7 Å². The van der Waals surface area contributed by atoms with E-state index in [-0.39, 0.29) is 6.04 Å². The zero-order valence-electron chi connectivity index (χ0n) is 10.4. The normalized spacial score (nSPS) is 12.7. The van der Waals surface area contributed by atoms with Gasteiger partial charge in [-0.05, 0) is 55.4 Å². The summed E-state index contributed by atoms with van der Waals surface area (Å²) in [6.45, 7) is 6.23. The molecule has 1 aromatic heterocycles. The second kappa shape index (κ2) is 4.94. The Bertz CT molecular complexity index is 499. The molecule has 0 aliphatic carbocycles. The molecule has 3 nitrogen and oxygen atoms in total. The van der Waals surface area contributed by atoms with Gasteiger partial charge in [-0.15, -0.1) is 5.10 Å². The lowest BCUT2D eigenvalue weighted by Gasteiger charge is -2.14. The molecular weight excluding hydrogens is 230 g/mol. The standard InChI is InChI=1S/C13H17N3S/c1-8-5-4-6-9(2)11(8)7-12(14)13-10(3)15-16-17-13/h4-6,12H,7,14H2,1-3H3. The van der Waals surface area contributed by atoms with Gasteiger partial charge in [0.05, 0.1) is 10.6 Å². The summed E-state index contributed by atoms with van der Waals surface area (Å²) in [5.41, 5.74) is 11.1. The van der Waals surface area contributed by atoms with Gasteiger partial charge in [0, 0.05) is 6.04 Å². The van der Waals surface area contributed by atoms with E-state index in [1.165, 1.54) is 28.2 Å². The molecule has 0 aliphatic rings. The number of hydrogen-bond acceptors (Lipinski definition) is 4. The van der Waals surface area contributed by atoms with Gasteiger partial charge < -0.3 is 5.73 Å². The number of benzene rings is 1. The number of rotatable bonds is 3. The highest BCUT2D eigenvalue weighted by molar-refractivity contribution is 7.05. The highest BCUT2D eigenvalue weighted by Crippen LogP contribution is 2.24. The van der Waals surface area contributed by atoms with Crippen LogP contribution in [-0.4, -0.2) is 9.59 Å². The average Bonchev–Trinajstić information content (AvgIpc) is 2.70. The van der Waals surface area contributed by atoms with Gasteiger partial charge in [-0.2, -0.15) is 0 Å². The lowest BCUT2D eigenvalue weighted by atomic mass is 9.96. The zero-order valence-corrected chi connectivity index (χ0v) is 11.2. The number of nitrogens with zero attached hydrogens (tertiary/aromatic N) is 2. The second-order valence-corrected chi connectivity index (χ2v) is 5.19. The number of hydrogen-bond donors (Lipinski definition) is 1. The predicted molar refractivity (Wildman–Crippen MR) is 71.2 cm³/mol. The van der Waals surface area contributed by atoms with Gasteiger partial charge in [0.2, 0.25) is 0 Å². The third kappa shape index (κ3) is 2.53. The van der Waals surface area contributed by atoms with E-state index in [4.69, 9.17) is 5.73 Å². The molecular formula is C13H17N3S. The maximum atomic E-state index is 6.24. The Hall–Kier alpha value is -1.26. The Morgan fingerprint density at radius 1 is 1.24 bits per heavy atom. The maximum absolute atomic E-state index is 6.24. The van der Waals surface area contributed by atoms with E-state index in [0.29, 0.717) is 0 Å². The Morgan fingerprint density at radius 2 is 1.88 bits per heavy atom. The molecule has 2 rings (SSSR count). The molecule has 0 aliphatic heterocycles. The first-order chi connectivity index (χ1) is 8.09. The van der Waals surface area contributed by atoms with E-state index in [2.05, 4.69) is 41.6 Å². The molecule has 0 spiro atoms. The third-order valence-electron chi connectivity index (χ3n) is 3.09. The number of nitrogens with two attached hydrogens (primary N) is 1. The minimum Gasteiger partial charge on any atom is -0.323 e. The van der Waals surface area contributed by atoms with E-state index in [1.54, 1.807) is 0 Å². The van der Waals surface area contributed by atoms with Crippen LogP contribution in [0.1, 0.15) is 33.3 Å². The molecule has 0 bridgehead atoms. The summed E-state index contributed by atoms with van der Waals surface area (Å²) < 4.78 is 3.94. The molecule has 1 unspecified atom stereocenters. The van der Waals surface area contributed by atoms with Crippen molar-refractivity contribution < 1.29 is 0 Å². The van der Waals surface area contributed by atoms with Crippen LogP contribution < -0.4 is 5.73 Å². The average molecular weight is 247 g/mol. The van der Waals surface area contributed by atoms with Crippen molar-refractivity contribution in [1.82, 2.24) is 9.59 Å². The van der Waals surface area contributed by atoms with Crippen LogP contribution >= 0.6 is 11.5 Å². The van der Waals surface area contributed by atoms with Crippen LogP contribution in [0.15, 0.2) is 18.2 Å². The summed E-state index contributed by atoms with van der Waals surface area (Å²) in [6.07, 6.45) is 0.850. The van der Waals surface area contributed by atoms with Gasteiger partial charge in [-0.25, -0.2) is 0 Å². The van der Waals surface area contributed by atoms with E-state index in [0.717, 1.165) is 17.0 Å². The van der Waals surface area contributed by atoms with Crippen molar-refractivity contribution in [3.63, 3.8) is 0 Å². The van der Waals surface area contributed by atoms with Crippen molar-refractivity contribution in [2.45, 2.75) is 33.2 Å². The molecule has 0 fully saturated rings. The Labute approximate surface area is 106 Å². The molecule has 0 radical (unpaired) electrons. The van der Waals surface area contributed by atoms with Gasteiger partial charge >= 0.3 is 0 Å². The van der Waals surface area contributed by atoms with Gasteiger partial charge in [0.1, 0.15) is 0 Å². The lowest BCUT2D eigenvalue weighted by molar-refractivity contribution is 0.721. The molecule has 0 saturated carbocycles. The molecule has 4 heteroatoms. The summed E-state index contributed by atoms with van der Waals surface area (Å²) in [7, 11) is 0. The Balaban J connectivity index is 2.25. The van der Waals surface area contributed by atoms with Crippen LogP contribution in [-0.2, 0) is 6.42 Å². The number of aromatic nitrogens is 2. The monoisotopic (exact) mass is 247 g/mol. The summed E-state index contributed by atoms with van der Waals surface area (Å²) in [4.78, 5) is 1.09. The van der Waals surface area contributed by atoms with Crippen LogP contribution in [0, 0.1) is 20.8 Å². The fourth-order valence-corrected chi connectivity index (χ4v) is 2.70. The molecule has 2 aromatic rings. The predicted octanol–water partition coefficient (Wildman–Crippen LogP) is 2.71. The van der Waals surface area contributed by atoms with Crippen LogP contribution in [0.4, 0.5) is 0 Å². The Kier molecular flexibility index (Phi) is 3.54. The van der Waals surface area contributed by atoms with E-state index < -0.39 is 0 Å². The molecule has 0 amide bonds. The molecule has 17 heavy (non-hydrogen) atoms. The molecule has 2 N–H and O–H groups in total. The summed E-state index contributed by atoms with van der Waals surface area (Å²) in [5, 5.41) is 4.01. The second-order valence-electron chi connectivity index (χ2n) is 4.40. The van der Waals surface area contributed by atoms with E-state index in [9.17, 15) is 0 Å². The minimum absolute atomic E-state index is 0.00481. The van der Waals surface area contributed by atoms with Crippen LogP contribution in [0.25, 0.3) is 0 Å². The summed E-state index contributed by atoms with van der Waals surface area (Å²) in [6, 6.07) is 6.34. The third-order valence-corrected chi connectivity index (χ3v) is 4.05.